The van der Waals surface area contributed by atoms with Crippen LogP contribution in [0.5, 0.6) is 11.5 Å². The molecule has 2 saturated carbocycles. The zero-order valence-corrected chi connectivity index (χ0v) is 26.6. The molecule has 0 saturated heterocycles. The Kier molecular flexibility index (Phi) is 8.72. The van der Waals surface area contributed by atoms with Gasteiger partial charge in [0, 0.05) is 47.4 Å². The number of hydrogen-bond acceptors (Lipinski definition) is 6. The molecule has 11 heteroatoms. The molecule has 0 aliphatic heterocycles. The molecule has 2 aliphatic carbocycles. The van der Waals surface area contributed by atoms with E-state index in [1.54, 1.807) is 24.3 Å². The van der Waals surface area contributed by atoms with Gasteiger partial charge in [0.15, 0.2) is 0 Å². The summed E-state index contributed by atoms with van der Waals surface area (Å²) in [4.78, 5) is 42.9. The molecule has 2 heterocycles. The van der Waals surface area contributed by atoms with Gasteiger partial charge < -0.3 is 29.8 Å². The first-order valence-electron chi connectivity index (χ1n) is 15.7. The van der Waals surface area contributed by atoms with E-state index in [0.717, 1.165) is 54.8 Å². The van der Waals surface area contributed by atoms with Crippen LogP contribution in [0.25, 0.3) is 28.4 Å². The number of carboxylic acid groups (broad SMARTS) is 1. The summed E-state index contributed by atoms with van der Waals surface area (Å²) >= 11 is 0. The van der Waals surface area contributed by atoms with Gasteiger partial charge in [0.25, 0.3) is 5.91 Å². The van der Waals surface area contributed by atoms with E-state index in [4.69, 9.17) is 14.6 Å². The third-order valence-electron chi connectivity index (χ3n) is 9.42. The quantitative estimate of drug-likeness (QED) is 0.170. The van der Waals surface area contributed by atoms with E-state index in [1.807, 2.05) is 23.7 Å². The molecule has 4 aromatic rings. The van der Waals surface area contributed by atoms with Crippen LogP contribution in [0.1, 0.15) is 72.3 Å². The number of carbonyl (C=O) groups is 3. The molecule has 0 atom stereocenters. The van der Waals surface area contributed by atoms with E-state index in [0.29, 0.717) is 52.8 Å². The Morgan fingerprint density at radius 3 is 2.30 bits per heavy atom. The first-order chi connectivity index (χ1) is 22.6. The van der Waals surface area contributed by atoms with Crippen LogP contribution in [0.3, 0.4) is 0 Å². The highest BCUT2D eigenvalue weighted by molar-refractivity contribution is 6.06. The van der Waals surface area contributed by atoms with Crippen LogP contribution in [0.4, 0.5) is 10.1 Å². The maximum Gasteiger partial charge on any atom is 0.328 e. The number of anilines is 1. The molecule has 47 heavy (non-hydrogen) atoms. The van der Waals surface area contributed by atoms with E-state index in [-0.39, 0.29) is 11.8 Å². The molecular formula is C36H37FN4O6. The predicted molar refractivity (Wildman–Crippen MR) is 176 cm³/mol. The molecule has 0 bridgehead atoms. The average molecular weight is 641 g/mol. The topological polar surface area (TPSA) is 132 Å². The number of carbonyl (C=O) groups excluding carboxylic acids is 2. The third-order valence-corrected chi connectivity index (χ3v) is 9.42. The second-order valence-corrected chi connectivity index (χ2v) is 12.2. The van der Waals surface area contributed by atoms with Crippen molar-refractivity contribution in [3.05, 3.63) is 77.2 Å². The van der Waals surface area contributed by atoms with Gasteiger partial charge in [0.05, 0.1) is 37.4 Å². The number of rotatable bonds is 10. The summed E-state index contributed by atoms with van der Waals surface area (Å²) in [5.41, 5.74) is 3.75. The van der Waals surface area contributed by atoms with Gasteiger partial charge in [0.2, 0.25) is 5.91 Å². The third kappa shape index (κ3) is 6.05. The number of carboxylic acids is 1. The van der Waals surface area contributed by atoms with Crippen molar-refractivity contribution in [1.29, 1.82) is 0 Å². The van der Waals surface area contributed by atoms with E-state index in [9.17, 15) is 18.8 Å². The van der Waals surface area contributed by atoms with Crippen LogP contribution in [0, 0.1) is 5.82 Å². The van der Waals surface area contributed by atoms with Gasteiger partial charge in [-0.15, -0.1) is 0 Å². The number of hydrogen-bond donors (Lipinski definition) is 3. The number of nitrogens with zero attached hydrogens (tertiary/aromatic N) is 2. The highest BCUT2D eigenvalue weighted by atomic mass is 19.1. The van der Waals surface area contributed by atoms with E-state index in [2.05, 4.69) is 15.6 Å². The molecule has 2 aromatic carbocycles. The van der Waals surface area contributed by atoms with Crippen molar-refractivity contribution in [3.8, 4) is 22.9 Å². The smallest absolute Gasteiger partial charge is 0.328 e. The maximum absolute atomic E-state index is 13.8. The number of aryl methyl sites for hydroxylation is 1. The van der Waals surface area contributed by atoms with Gasteiger partial charge in [-0.05, 0) is 73.9 Å². The van der Waals surface area contributed by atoms with E-state index < -0.39 is 17.3 Å². The fourth-order valence-electron chi connectivity index (χ4n) is 6.87. The molecule has 0 unspecified atom stereocenters. The van der Waals surface area contributed by atoms with Gasteiger partial charge in [-0.3, -0.25) is 14.6 Å². The Morgan fingerprint density at radius 1 is 1.02 bits per heavy atom. The summed E-state index contributed by atoms with van der Waals surface area (Å²) < 4.78 is 26.7. The van der Waals surface area contributed by atoms with Crippen molar-refractivity contribution in [1.82, 2.24) is 14.9 Å². The normalized spacial score (nSPS) is 15.8. The number of methoxy groups -OCH3 is 2. The molecule has 2 aliphatic rings. The summed E-state index contributed by atoms with van der Waals surface area (Å²) in [5.74, 6) is -1.29. The Balaban J connectivity index is 1.28. The lowest BCUT2D eigenvalue weighted by atomic mass is 9.75. The summed E-state index contributed by atoms with van der Waals surface area (Å²) in [6.45, 7) is 0. The lowest BCUT2D eigenvalue weighted by molar-refractivity contribution is -0.131. The zero-order chi connectivity index (χ0) is 33.3. The molecule has 6 rings (SSSR count). The summed E-state index contributed by atoms with van der Waals surface area (Å²) in [6.07, 6.45) is 9.69. The molecule has 2 fully saturated rings. The lowest BCUT2D eigenvalue weighted by Crippen LogP contribution is -2.61. The molecule has 2 amide bonds. The number of ether oxygens (including phenoxy) is 2. The first kappa shape index (κ1) is 31.8. The molecule has 10 nitrogen and oxygen atoms in total. The summed E-state index contributed by atoms with van der Waals surface area (Å²) in [5, 5.41) is 16.0. The zero-order valence-electron chi connectivity index (χ0n) is 26.6. The van der Waals surface area contributed by atoms with Crippen molar-refractivity contribution in [3.63, 3.8) is 0 Å². The number of benzene rings is 2. The Bertz CT molecular complexity index is 1860. The molecule has 0 spiro atoms. The number of halogens is 1. The Labute approximate surface area is 271 Å². The lowest BCUT2D eigenvalue weighted by Gasteiger charge is -2.40. The van der Waals surface area contributed by atoms with Crippen LogP contribution >= 0.6 is 0 Å². The van der Waals surface area contributed by atoms with Crippen molar-refractivity contribution < 1.29 is 33.4 Å². The Hall–Kier alpha value is -5.19. The second kappa shape index (κ2) is 12.9. The number of amides is 2. The number of aliphatic carboxylic acids is 1. The molecular weight excluding hydrogens is 603 g/mol. The van der Waals surface area contributed by atoms with Gasteiger partial charge in [-0.1, -0.05) is 18.9 Å². The minimum absolute atomic E-state index is 0.312. The first-order valence-corrected chi connectivity index (χ1v) is 15.7. The standard InChI is InChI=1S/C36H37FN4O6/c1-41-28-17-22(9-11-25(28)32(21-7-4-5-8-21)33(41)27-13-10-23(37)20-38-27)34(44)40-36(15-6-16-36)35(45)39-24-18-29(46-2)26(12-14-31(42)43)30(19-24)47-3/h9-14,17-21H,4-8,15-16H2,1-3H3,(H,39,45)(H,40,44)(H,42,43)/b14-12+. The van der Waals surface area contributed by atoms with Crippen LogP contribution in [-0.2, 0) is 16.6 Å². The van der Waals surface area contributed by atoms with Gasteiger partial charge >= 0.3 is 5.97 Å². The number of pyridine rings is 1. The second-order valence-electron chi connectivity index (χ2n) is 12.2. The van der Waals surface area contributed by atoms with Crippen LogP contribution < -0.4 is 20.1 Å². The maximum atomic E-state index is 13.8. The molecule has 0 radical (unpaired) electrons. The minimum Gasteiger partial charge on any atom is -0.496 e. The summed E-state index contributed by atoms with van der Waals surface area (Å²) in [7, 11) is 4.81. The van der Waals surface area contributed by atoms with Gasteiger partial charge in [-0.2, -0.15) is 0 Å². The van der Waals surface area contributed by atoms with E-state index >= 15 is 0 Å². The van der Waals surface area contributed by atoms with Crippen molar-refractivity contribution in [2.75, 3.05) is 19.5 Å². The highest BCUT2D eigenvalue weighted by Gasteiger charge is 2.45. The number of nitrogens with one attached hydrogen (secondary N) is 2. The average Bonchev–Trinajstić information content (AvgIpc) is 3.68. The fourth-order valence-corrected chi connectivity index (χ4v) is 6.87. The van der Waals surface area contributed by atoms with Crippen molar-refractivity contribution in [2.24, 2.45) is 7.05 Å². The minimum atomic E-state index is -1.12. The van der Waals surface area contributed by atoms with E-state index in [1.165, 1.54) is 38.1 Å². The fraction of sp³-hybridized carbons (Fsp3) is 0.333. The molecule has 3 N–H and O–H groups in total. The predicted octanol–water partition coefficient (Wildman–Crippen LogP) is 6.44. The van der Waals surface area contributed by atoms with Gasteiger partial charge in [0.1, 0.15) is 22.9 Å². The van der Waals surface area contributed by atoms with Crippen LogP contribution in [0.15, 0.2) is 54.7 Å². The molecule has 2 aromatic heterocycles. The number of aromatic nitrogens is 2. The highest BCUT2D eigenvalue weighted by Crippen LogP contribution is 2.44. The number of fused-ring (bicyclic) bond motifs is 1. The summed E-state index contributed by atoms with van der Waals surface area (Å²) in [6, 6.07) is 11.9. The molecule has 244 valence electrons. The Morgan fingerprint density at radius 2 is 1.72 bits per heavy atom. The SMILES string of the molecule is COc1cc(NC(=O)C2(NC(=O)c3ccc4c(C5CCCC5)c(-c5ccc(F)cn5)n(C)c4c3)CCC2)cc(OC)c1/C=C/C(=O)O. The van der Waals surface area contributed by atoms with Crippen LogP contribution in [0.2, 0.25) is 0 Å². The largest absolute Gasteiger partial charge is 0.496 e. The van der Waals surface area contributed by atoms with Gasteiger partial charge in [-0.25, -0.2) is 9.18 Å². The van der Waals surface area contributed by atoms with Crippen molar-refractivity contribution >= 4 is 40.4 Å². The van der Waals surface area contributed by atoms with Crippen LogP contribution in [-0.4, -0.2) is 52.2 Å². The monoisotopic (exact) mass is 640 g/mol. The van der Waals surface area contributed by atoms with Crippen molar-refractivity contribution in [2.45, 2.75) is 56.4 Å².